The number of aromatic nitrogens is 4. The fourth-order valence-electron chi connectivity index (χ4n) is 3.09. The van der Waals surface area contributed by atoms with Crippen molar-refractivity contribution in [1.82, 2.24) is 25.3 Å². The molecule has 23 heavy (non-hydrogen) atoms. The van der Waals surface area contributed by atoms with Crippen LogP contribution in [0.15, 0.2) is 24.7 Å². The van der Waals surface area contributed by atoms with Gasteiger partial charge in [-0.05, 0) is 45.7 Å². The predicted molar refractivity (Wildman–Crippen MR) is 90.3 cm³/mol. The summed E-state index contributed by atoms with van der Waals surface area (Å²) < 4.78 is 0. The number of piperidine rings is 1. The van der Waals surface area contributed by atoms with E-state index in [1.165, 1.54) is 0 Å². The fourth-order valence-corrected chi connectivity index (χ4v) is 3.09. The van der Waals surface area contributed by atoms with Crippen molar-refractivity contribution in [3.8, 4) is 0 Å². The van der Waals surface area contributed by atoms with Crippen LogP contribution < -0.4 is 10.2 Å². The van der Waals surface area contributed by atoms with E-state index in [1.54, 1.807) is 12.5 Å². The first-order valence-corrected chi connectivity index (χ1v) is 8.21. The van der Waals surface area contributed by atoms with E-state index in [0.29, 0.717) is 6.04 Å². The van der Waals surface area contributed by atoms with Crippen LogP contribution in [-0.2, 0) is 0 Å². The minimum atomic E-state index is 0.243. The molecular weight excluding hydrogens is 288 g/mol. The molecule has 1 aliphatic rings. The van der Waals surface area contributed by atoms with Crippen LogP contribution in [-0.4, -0.2) is 39.1 Å². The van der Waals surface area contributed by atoms with Crippen molar-refractivity contribution in [2.24, 2.45) is 0 Å². The molecule has 1 N–H and O–H groups in total. The molecule has 122 valence electrons. The zero-order valence-corrected chi connectivity index (χ0v) is 14.0. The van der Waals surface area contributed by atoms with Gasteiger partial charge in [-0.2, -0.15) is 0 Å². The Kier molecular flexibility index (Phi) is 4.81. The number of hydrogen-bond donors (Lipinski definition) is 1. The Bertz CT molecular complexity index is 617. The van der Waals surface area contributed by atoms with E-state index >= 15 is 0 Å². The topological polar surface area (TPSA) is 66.8 Å². The zero-order valence-electron chi connectivity index (χ0n) is 14.0. The zero-order chi connectivity index (χ0) is 16.2. The molecule has 6 heteroatoms. The minimum Gasteiger partial charge on any atom is -0.341 e. The average Bonchev–Trinajstić information content (AvgIpc) is 2.55. The van der Waals surface area contributed by atoms with Gasteiger partial charge < -0.3 is 10.2 Å². The molecule has 1 atom stereocenters. The van der Waals surface area contributed by atoms with E-state index in [-0.39, 0.29) is 6.04 Å². The fraction of sp³-hybridized carbons (Fsp3) is 0.529. The minimum absolute atomic E-state index is 0.243. The molecule has 0 spiro atoms. The van der Waals surface area contributed by atoms with Crippen LogP contribution in [0.1, 0.15) is 42.9 Å². The van der Waals surface area contributed by atoms with Gasteiger partial charge in [-0.25, -0.2) is 19.9 Å². The number of aryl methyl sites for hydroxylation is 2. The van der Waals surface area contributed by atoms with E-state index < -0.39 is 0 Å². The molecule has 0 aromatic carbocycles. The van der Waals surface area contributed by atoms with Crippen molar-refractivity contribution in [2.75, 3.05) is 18.0 Å². The van der Waals surface area contributed by atoms with Gasteiger partial charge in [-0.3, -0.25) is 0 Å². The Morgan fingerprint density at radius 2 is 1.87 bits per heavy atom. The molecule has 2 aromatic heterocycles. The lowest BCUT2D eigenvalue weighted by Crippen LogP contribution is -2.44. The maximum atomic E-state index is 4.57. The van der Waals surface area contributed by atoms with E-state index in [2.05, 4.69) is 37.1 Å². The SMILES string of the molecule is Cc1cc(C)nc(N2CCC(NC(C)c3ccncn3)CC2)n1. The summed E-state index contributed by atoms with van der Waals surface area (Å²) in [7, 11) is 0. The van der Waals surface area contributed by atoms with E-state index in [4.69, 9.17) is 0 Å². The van der Waals surface area contributed by atoms with Crippen LogP contribution >= 0.6 is 0 Å². The van der Waals surface area contributed by atoms with Crippen LogP contribution in [0, 0.1) is 13.8 Å². The highest BCUT2D eigenvalue weighted by Gasteiger charge is 2.22. The predicted octanol–water partition coefficient (Wildman–Crippen LogP) is 2.20. The quantitative estimate of drug-likeness (QED) is 0.933. The maximum absolute atomic E-state index is 4.57. The van der Waals surface area contributed by atoms with Gasteiger partial charge in [0.25, 0.3) is 0 Å². The Balaban J connectivity index is 1.56. The molecule has 0 amide bonds. The molecule has 3 heterocycles. The molecule has 0 bridgehead atoms. The van der Waals surface area contributed by atoms with Gasteiger partial charge in [0.1, 0.15) is 6.33 Å². The molecule has 1 aliphatic heterocycles. The summed E-state index contributed by atoms with van der Waals surface area (Å²) in [6.07, 6.45) is 5.58. The summed E-state index contributed by atoms with van der Waals surface area (Å²) in [4.78, 5) is 19.7. The highest BCUT2D eigenvalue weighted by molar-refractivity contribution is 5.32. The number of rotatable bonds is 4. The molecule has 1 unspecified atom stereocenters. The molecule has 1 saturated heterocycles. The second kappa shape index (κ2) is 7.00. The van der Waals surface area contributed by atoms with Crippen molar-refractivity contribution in [2.45, 2.75) is 45.7 Å². The number of nitrogens with zero attached hydrogens (tertiary/aromatic N) is 5. The van der Waals surface area contributed by atoms with Crippen molar-refractivity contribution in [1.29, 1.82) is 0 Å². The molecule has 2 aromatic rings. The van der Waals surface area contributed by atoms with Gasteiger partial charge in [0.15, 0.2) is 0 Å². The van der Waals surface area contributed by atoms with Crippen molar-refractivity contribution >= 4 is 5.95 Å². The van der Waals surface area contributed by atoms with Gasteiger partial charge >= 0.3 is 0 Å². The summed E-state index contributed by atoms with van der Waals surface area (Å²) in [5.74, 6) is 0.866. The standard InChI is InChI=1S/C17H24N6/c1-12-10-13(2)21-17(20-12)23-8-5-15(6-9-23)22-14(3)16-4-7-18-11-19-16/h4,7,10-11,14-15,22H,5-6,8-9H2,1-3H3. The lowest BCUT2D eigenvalue weighted by Gasteiger charge is -2.34. The monoisotopic (exact) mass is 312 g/mol. The van der Waals surface area contributed by atoms with Crippen LogP contribution in [0.25, 0.3) is 0 Å². The van der Waals surface area contributed by atoms with Crippen molar-refractivity contribution < 1.29 is 0 Å². The first-order chi connectivity index (χ1) is 11.1. The lowest BCUT2D eigenvalue weighted by atomic mass is 10.0. The molecule has 3 rings (SSSR count). The van der Waals surface area contributed by atoms with Gasteiger partial charge in [0, 0.05) is 42.8 Å². The maximum Gasteiger partial charge on any atom is 0.225 e. The van der Waals surface area contributed by atoms with Crippen LogP contribution in [0.2, 0.25) is 0 Å². The first-order valence-electron chi connectivity index (χ1n) is 8.21. The lowest BCUT2D eigenvalue weighted by molar-refractivity contribution is 0.375. The smallest absolute Gasteiger partial charge is 0.225 e. The Labute approximate surface area is 137 Å². The highest BCUT2D eigenvalue weighted by Crippen LogP contribution is 2.19. The van der Waals surface area contributed by atoms with Crippen LogP contribution in [0.3, 0.4) is 0 Å². The second-order valence-electron chi connectivity index (χ2n) is 6.23. The van der Waals surface area contributed by atoms with E-state index in [9.17, 15) is 0 Å². The Hall–Kier alpha value is -2.08. The first kappa shape index (κ1) is 15.8. The summed E-state index contributed by atoms with van der Waals surface area (Å²) in [6.45, 7) is 8.17. The normalized spacial score (nSPS) is 17.3. The highest BCUT2D eigenvalue weighted by atomic mass is 15.3. The number of anilines is 1. The van der Waals surface area contributed by atoms with Crippen LogP contribution in [0.5, 0.6) is 0 Å². The van der Waals surface area contributed by atoms with Crippen LogP contribution in [0.4, 0.5) is 5.95 Å². The summed E-state index contributed by atoms with van der Waals surface area (Å²) in [6, 6.07) is 4.73. The second-order valence-corrected chi connectivity index (χ2v) is 6.23. The average molecular weight is 312 g/mol. The van der Waals surface area contributed by atoms with E-state index in [0.717, 1.165) is 49.0 Å². The largest absolute Gasteiger partial charge is 0.341 e. The molecule has 6 nitrogen and oxygen atoms in total. The van der Waals surface area contributed by atoms with Gasteiger partial charge in [-0.15, -0.1) is 0 Å². The van der Waals surface area contributed by atoms with Crippen molar-refractivity contribution in [3.63, 3.8) is 0 Å². The molecule has 1 fully saturated rings. The third-order valence-corrected chi connectivity index (χ3v) is 4.28. The third kappa shape index (κ3) is 4.01. The van der Waals surface area contributed by atoms with Gasteiger partial charge in [-0.1, -0.05) is 0 Å². The molecule has 0 saturated carbocycles. The Morgan fingerprint density at radius 3 is 2.48 bits per heavy atom. The molecular formula is C17H24N6. The third-order valence-electron chi connectivity index (χ3n) is 4.28. The number of nitrogens with one attached hydrogen (secondary N) is 1. The van der Waals surface area contributed by atoms with Gasteiger partial charge in [0.2, 0.25) is 5.95 Å². The summed E-state index contributed by atoms with van der Waals surface area (Å²) in [5, 5.41) is 3.67. The molecule has 0 aliphatic carbocycles. The van der Waals surface area contributed by atoms with Gasteiger partial charge in [0.05, 0.1) is 5.69 Å². The van der Waals surface area contributed by atoms with E-state index in [1.807, 2.05) is 26.0 Å². The molecule has 0 radical (unpaired) electrons. The Morgan fingerprint density at radius 1 is 1.17 bits per heavy atom. The summed E-state index contributed by atoms with van der Waals surface area (Å²) >= 11 is 0. The van der Waals surface area contributed by atoms with Crippen molar-refractivity contribution in [3.05, 3.63) is 41.7 Å². The summed E-state index contributed by atoms with van der Waals surface area (Å²) in [5.41, 5.74) is 3.11. The number of hydrogen-bond acceptors (Lipinski definition) is 6.